The highest BCUT2D eigenvalue weighted by Crippen LogP contribution is 2.30. The second-order valence-electron chi connectivity index (χ2n) is 4.45. The number of thiophene rings is 1. The Balaban J connectivity index is 1.91. The van der Waals surface area contributed by atoms with Gasteiger partial charge in [0.1, 0.15) is 16.2 Å². The van der Waals surface area contributed by atoms with E-state index in [0.717, 1.165) is 28.1 Å². The summed E-state index contributed by atoms with van der Waals surface area (Å²) in [6.07, 6.45) is 3.39. The van der Waals surface area contributed by atoms with Gasteiger partial charge < -0.3 is 10.1 Å². The molecule has 0 aliphatic carbocycles. The van der Waals surface area contributed by atoms with Gasteiger partial charge in [-0.05, 0) is 18.9 Å². The van der Waals surface area contributed by atoms with Crippen molar-refractivity contribution in [1.29, 1.82) is 0 Å². The summed E-state index contributed by atoms with van der Waals surface area (Å²) in [4.78, 5) is 22.6. The van der Waals surface area contributed by atoms with Gasteiger partial charge in [-0.1, -0.05) is 18.7 Å². The molecule has 1 amide bonds. The van der Waals surface area contributed by atoms with E-state index >= 15 is 0 Å². The molecule has 0 fully saturated rings. The molecule has 0 spiro atoms. The molecule has 0 aromatic carbocycles. The summed E-state index contributed by atoms with van der Waals surface area (Å²) in [5.41, 5.74) is 0. The zero-order valence-electron chi connectivity index (χ0n) is 12.2. The lowest BCUT2D eigenvalue weighted by Gasteiger charge is -2.04. The maximum Gasteiger partial charge on any atom is 0.230 e. The SMILES string of the molecule is CCc1cc2c(SCC(=O)NCCCOC)ncnc2s1. The maximum absolute atomic E-state index is 11.8. The third-order valence-electron chi connectivity index (χ3n) is 2.88. The summed E-state index contributed by atoms with van der Waals surface area (Å²) in [7, 11) is 1.66. The van der Waals surface area contributed by atoms with Gasteiger partial charge in [0.2, 0.25) is 5.91 Å². The highest BCUT2D eigenvalue weighted by molar-refractivity contribution is 8.00. The third-order valence-corrected chi connectivity index (χ3v) is 5.07. The van der Waals surface area contributed by atoms with Gasteiger partial charge >= 0.3 is 0 Å². The topological polar surface area (TPSA) is 64.1 Å². The average molecular weight is 325 g/mol. The molecule has 0 radical (unpaired) electrons. The van der Waals surface area contributed by atoms with Gasteiger partial charge in [0.25, 0.3) is 0 Å². The first-order valence-electron chi connectivity index (χ1n) is 6.86. The number of aryl methyl sites for hydroxylation is 1. The number of aromatic nitrogens is 2. The van der Waals surface area contributed by atoms with Crippen LogP contribution in [0.1, 0.15) is 18.2 Å². The molecule has 0 aliphatic heterocycles. The summed E-state index contributed by atoms with van der Waals surface area (Å²) in [6, 6.07) is 2.12. The Bertz CT molecular complexity index is 601. The third kappa shape index (κ3) is 4.66. The molecule has 7 heteroatoms. The van der Waals surface area contributed by atoms with E-state index in [1.54, 1.807) is 24.8 Å². The smallest absolute Gasteiger partial charge is 0.230 e. The zero-order chi connectivity index (χ0) is 15.1. The van der Waals surface area contributed by atoms with Gasteiger partial charge in [-0.25, -0.2) is 9.97 Å². The van der Waals surface area contributed by atoms with Crippen molar-refractivity contribution in [3.63, 3.8) is 0 Å². The van der Waals surface area contributed by atoms with Crippen LogP contribution in [-0.4, -0.2) is 41.9 Å². The molecule has 5 nitrogen and oxygen atoms in total. The summed E-state index contributed by atoms with van der Waals surface area (Å²) in [6.45, 7) is 3.43. The molecule has 0 aliphatic rings. The van der Waals surface area contributed by atoms with E-state index in [1.165, 1.54) is 16.6 Å². The molecule has 0 unspecified atom stereocenters. The second-order valence-corrected chi connectivity index (χ2v) is 6.53. The number of hydrogen-bond acceptors (Lipinski definition) is 6. The molecule has 2 aromatic heterocycles. The lowest BCUT2D eigenvalue weighted by molar-refractivity contribution is -0.118. The minimum absolute atomic E-state index is 0.0220. The van der Waals surface area contributed by atoms with E-state index in [9.17, 15) is 4.79 Å². The number of amides is 1. The Morgan fingerprint density at radius 3 is 3.10 bits per heavy atom. The van der Waals surface area contributed by atoms with Gasteiger partial charge in [0.15, 0.2) is 0 Å². The van der Waals surface area contributed by atoms with Crippen LogP contribution in [0.2, 0.25) is 0 Å². The van der Waals surface area contributed by atoms with Crippen LogP contribution < -0.4 is 5.32 Å². The number of rotatable bonds is 8. The Morgan fingerprint density at radius 1 is 1.48 bits per heavy atom. The van der Waals surface area contributed by atoms with Crippen molar-refractivity contribution >= 4 is 39.2 Å². The zero-order valence-corrected chi connectivity index (χ0v) is 13.9. The highest BCUT2D eigenvalue weighted by Gasteiger charge is 2.10. The highest BCUT2D eigenvalue weighted by atomic mass is 32.2. The summed E-state index contributed by atoms with van der Waals surface area (Å²) >= 11 is 3.14. The monoisotopic (exact) mass is 325 g/mol. The molecule has 114 valence electrons. The van der Waals surface area contributed by atoms with Crippen molar-refractivity contribution in [2.75, 3.05) is 26.0 Å². The van der Waals surface area contributed by atoms with Crippen LogP contribution in [-0.2, 0) is 16.0 Å². The summed E-state index contributed by atoms with van der Waals surface area (Å²) < 4.78 is 4.94. The molecule has 2 rings (SSSR count). The molecule has 1 N–H and O–H groups in total. The fraction of sp³-hybridized carbons (Fsp3) is 0.500. The van der Waals surface area contributed by atoms with Gasteiger partial charge in [0, 0.05) is 30.5 Å². The quantitative estimate of drug-likeness (QED) is 0.459. The number of nitrogens with one attached hydrogen (secondary N) is 1. The molecule has 21 heavy (non-hydrogen) atoms. The van der Waals surface area contributed by atoms with E-state index in [1.807, 2.05) is 0 Å². The van der Waals surface area contributed by atoms with Crippen LogP contribution in [0.25, 0.3) is 10.2 Å². The lowest BCUT2D eigenvalue weighted by atomic mass is 10.3. The van der Waals surface area contributed by atoms with Gasteiger partial charge in [-0.2, -0.15) is 0 Å². The van der Waals surface area contributed by atoms with Gasteiger partial charge in [-0.3, -0.25) is 4.79 Å². The van der Waals surface area contributed by atoms with Crippen molar-refractivity contribution in [1.82, 2.24) is 15.3 Å². The van der Waals surface area contributed by atoms with Crippen LogP contribution in [0.5, 0.6) is 0 Å². The average Bonchev–Trinajstić information content (AvgIpc) is 2.93. The number of fused-ring (bicyclic) bond motifs is 1. The molecule has 0 saturated carbocycles. The van der Waals surface area contributed by atoms with Crippen LogP contribution in [0.4, 0.5) is 0 Å². The standard InChI is InChI=1S/C14H19N3O2S2/c1-3-10-7-11-13(16-9-17-14(11)21-10)20-8-12(18)15-5-4-6-19-2/h7,9H,3-6,8H2,1-2H3,(H,15,18). The van der Waals surface area contributed by atoms with E-state index in [0.29, 0.717) is 18.9 Å². The van der Waals surface area contributed by atoms with E-state index < -0.39 is 0 Å². The van der Waals surface area contributed by atoms with Crippen LogP contribution in [0.3, 0.4) is 0 Å². The lowest BCUT2D eigenvalue weighted by Crippen LogP contribution is -2.26. The second kappa shape index (κ2) is 8.31. The molecular weight excluding hydrogens is 306 g/mol. The minimum atomic E-state index is 0.0220. The van der Waals surface area contributed by atoms with E-state index in [-0.39, 0.29) is 5.91 Å². The van der Waals surface area contributed by atoms with Crippen molar-refractivity contribution in [3.05, 3.63) is 17.3 Å². The largest absolute Gasteiger partial charge is 0.385 e. The molecule has 0 saturated heterocycles. The Morgan fingerprint density at radius 2 is 2.33 bits per heavy atom. The fourth-order valence-electron chi connectivity index (χ4n) is 1.80. The van der Waals surface area contributed by atoms with Crippen LogP contribution >= 0.6 is 23.1 Å². The first kappa shape index (κ1) is 16.2. The first-order valence-corrected chi connectivity index (χ1v) is 8.66. The van der Waals surface area contributed by atoms with Gasteiger partial charge in [-0.15, -0.1) is 11.3 Å². The number of hydrogen-bond donors (Lipinski definition) is 1. The van der Waals surface area contributed by atoms with E-state index in [2.05, 4.69) is 28.3 Å². The Labute approximate surface area is 132 Å². The number of thioether (sulfide) groups is 1. The predicted octanol–water partition coefficient (Wildman–Crippen LogP) is 2.50. The predicted molar refractivity (Wildman–Crippen MR) is 87.0 cm³/mol. The van der Waals surface area contributed by atoms with Crippen molar-refractivity contribution in [3.8, 4) is 0 Å². The van der Waals surface area contributed by atoms with E-state index in [4.69, 9.17) is 4.74 Å². The van der Waals surface area contributed by atoms with Crippen molar-refractivity contribution in [2.45, 2.75) is 24.8 Å². The maximum atomic E-state index is 11.8. The number of nitrogens with zero attached hydrogens (tertiary/aromatic N) is 2. The molecule has 2 aromatic rings. The van der Waals surface area contributed by atoms with Crippen LogP contribution in [0.15, 0.2) is 17.4 Å². The van der Waals surface area contributed by atoms with Crippen LogP contribution in [0, 0.1) is 0 Å². The summed E-state index contributed by atoms with van der Waals surface area (Å²) in [5.74, 6) is 0.393. The molecule has 0 bridgehead atoms. The normalized spacial score (nSPS) is 11.0. The number of carbonyl (C=O) groups excluding carboxylic acids is 1. The fourth-order valence-corrected chi connectivity index (χ4v) is 3.60. The van der Waals surface area contributed by atoms with Crippen molar-refractivity contribution < 1.29 is 9.53 Å². The Hall–Kier alpha value is -1.18. The molecular formula is C14H19N3O2S2. The number of ether oxygens (including phenoxy) is 1. The van der Waals surface area contributed by atoms with Gasteiger partial charge in [0.05, 0.1) is 5.75 Å². The number of methoxy groups -OCH3 is 1. The summed E-state index contributed by atoms with van der Waals surface area (Å²) in [5, 5.41) is 4.80. The minimum Gasteiger partial charge on any atom is -0.385 e. The van der Waals surface area contributed by atoms with Crippen molar-refractivity contribution in [2.24, 2.45) is 0 Å². The Kier molecular flexibility index (Phi) is 6.41. The first-order chi connectivity index (χ1) is 10.2. The molecule has 0 atom stereocenters. The number of carbonyl (C=O) groups is 1. The molecule has 2 heterocycles.